The molecular formula is C20H22FN3OS. The van der Waals surface area contributed by atoms with E-state index < -0.39 is 0 Å². The van der Waals surface area contributed by atoms with E-state index in [0.29, 0.717) is 6.54 Å². The summed E-state index contributed by atoms with van der Waals surface area (Å²) in [4.78, 5) is 16.0. The van der Waals surface area contributed by atoms with Gasteiger partial charge in [-0.1, -0.05) is 6.07 Å². The van der Waals surface area contributed by atoms with E-state index in [1.54, 1.807) is 17.4 Å². The summed E-state index contributed by atoms with van der Waals surface area (Å²) in [6.45, 7) is 4.07. The first-order chi connectivity index (χ1) is 12.7. The van der Waals surface area contributed by atoms with E-state index in [1.807, 2.05) is 28.1 Å². The van der Waals surface area contributed by atoms with Crippen LogP contribution in [0.2, 0.25) is 0 Å². The van der Waals surface area contributed by atoms with Crippen LogP contribution in [-0.2, 0) is 11.3 Å². The zero-order valence-corrected chi connectivity index (χ0v) is 15.4. The Labute approximate surface area is 156 Å². The topological polar surface area (TPSA) is 37.3 Å². The van der Waals surface area contributed by atoms with Crippen molar-refractivity contribution in [1.82, 2.24) is 14.8 Å². The van der Waals surface area contributed by atoms with Crippen LogP contribution in [0.4, 0.5) is 4.39 Å². The van der Waals surface area contributed by atoms with E-state index >= 15 is 0 Å². The SMILES string of the molecule is O=C(Cn1c(-c2cccs2)cc2cc(F)ccc21)NCCN1CCCC1. The highest BCUT2D eigenvalue weighted by molar-refractivity contribution is 7.13. The van der Waals surface area contributed by atoms with Crippen LogP contribution in [0.5, 0.6) is 0 Å². The molecule has 1 fully saturated rings. The van der Waals surface area contributed by atoms with Crippen molar-refractivity contribution in [2.45, 2.75) is 19.4 Å². The number of nitrogens with one attached hydrogen (secondary N) is 1. The maximum atomic E-state index is 13.6. The maximum Gasteiger partial charge on any atom is 0.240 e. The van der Waals surface area contributed by atoms with Gasteiger partial charge in [-0.15, -0.1) is 11.3 Å². The van der Waals surface area contributed by atoms with Crippen LogP contribution in [0.25, 0.3) is 21.5 Å². The fourth-order valence-electron chi connectivity index (χ4n) is 3.60. The van der Waals surface area contributed by atoms with Crippen LogP contribution in [0, 0.1) is 5.82 Å². The quantitative estimate of drug-likeness (QED) is 0.717. The van der Waals surface area contributed by atoms with E-state index in [2.05, 4.69) is 10.2 Å². The zero-order chi connectivity index (χ0) is 17.9. The molecule has 1 N–H and O–H groups in total. The Bertz CT molecular complexity index is 897. The van der Waals surface area contributed by atoms with Gasteiger partial charge in [0, 0.05) is 24.0 Å². The molecule has 1 amide bonds. The second-order valence-electron chi connectivity index (χ2n) is 6.69. The molecule has 3 heterocycles. The standard InChI is InChI=1S/C20H22FN3OS/c21-16-5-6-17-15(12-16)13-18(19-4-3-11-26-19)24(17)14-20(25)22-7-10-23-8-1-2-9-23/h3-6,11-13H,1-2,7-10,14H2,(H,22,25). The average molecular weight is 371 g/mol. The van der Waals surface area contributed by atoms with Gasteiger partial charge in [0.2, 0.25) is 5.91 Å². The highest BCUT2D eigenvalue weighted by Crippen LogP contribution is 2.31. The summed E-state index contributed by atoms with van der Waals surface area (Å²) in [7, 11) is 0. The first-order valence-electron chi connectivity index (χ1n) is 9.02. The van der Waals surface area contributed by atoms with Crippen molar-refractivity contribution in [2.75, 3.05) is 26.2 Å². The minimum Gasteiger partial charge on any atom is -0.353 e. The molecule has 2 aromatic heterocycles. The van der Waals surface area contributed by atoms with Crippen molar-refractivity contribution in [3.05, 3.63) is 47.6 Å². The molecule has 3 aromatic rings. The minimum atomic E-state index is -0.262. The third-order valence-electron chi connectivity index (χ3n) is 4.89. The third-order valence-corrected chi connectivity index (χ3v) is 5.78. The number of carbonyl (C=O) groups is 1. The Hall–Kier alpha value is -2.18. The number of likely N-dealkylation sites (tertiary alicyclic amines) is 1. The summed E-state index contributed by atoms with van der Waals surface area (Å²) in [6.07, 6.45) is 2.51. The van der Waals surface area contributed by atoms with E-state index in [-0.39, 0.29) is 18.3 Å². The summed E-state index contributed by atoms with van der Waals surface area (Å²) >= 11 is 1.62. The zero-order valence-electron chi connectivity index (χ0n) is 14.6. The summed E-state index contributed by atoms with van der Waals surface area (Å²) < 4.78 is 15.6. The van der Waals surface area contributed by atoms with Crippen LogP contribution >= 0.6 is 11.3 Å². The molecule has 26 heavy (non-hydrogen) atoms. The van der Waals surface area contributed by atoms with Crippen molar-refractivity contribution in [1.29, 1.82) is 0 Å². The number of aromatic nitrogens is 1. The lowest BCUT2D eigenvalue weighted by atomic mass is 10.2. The number of thiophene rings is 1. The number of nitrogens with zero attached hydrogens (tertiary/aromatic N) is 2. The van der Waals surface area contributed by atoms with Crippen molar-refractivity contribution < 1.29 is 9.18 Å². The molecule has 4 rings (SSSR count). The van der Waals surface area contributed by atoms with Crippen LogP contribution < -0.4 is 5.32 Å². The molecule has 0 unspecified atom stereocenters. The van der Waals surface area contributed by atoms with Gasteiger partial charge >= 0.3 is 0 Å². The summed E-state index contributed by atoms with van der Waals surface area (Å²) in [5, 5.41) is 5.85. The van der Waals surface area contributed by atoms with Crippen molar-refractivity contribution in [3.63, 3.8) is 0 Å². The van der Waals surface area contributed by atoms with Gasteiger partial charge < -0.3 is 14.8 Å². The van der Waals surface area contributed by atoms with Gasteiger partial charge in [-0.25, -0.2) is 4.39 Å². The Morgan fingerprint density at radius 3 is 2.81 bits per heavy atom. The largest absolute Gasteiger partial charge is 0.353 e. The molecule has 0 radical (unpaired) electrons. The van der Waals surface area contributed by atoms with E-state index in [4.69, 9.17) is 0 Å². The minimum absolute atomic E-state index is 0.0103. The highest BCUT2D eigenvalue weighted by Gasteiger charge is 2.15. The number of rotatable bonds is 6. The van der Waals surface area contributed by atoms with Crippen LogP contribution in [-0.4, -0.2) is 41.6 Å². The van der Waals surface area contributed by atoms with Gasteiger partial charge in [-0.2, -0.15) is 0 Å². The predicted molar refractivity (Wildman–Crippen MR) is 104 cm³/mol. The van der Waals surface area contributed by atoms with E-state index in [9.17, 15) is 9.18 Å². The van der Waals surface area contributed by atoms with E-state index in [1.165, 1.54) is 25.0 Å². The monoisotopic (exact) mass is 371 g/mol. The third kappa shape index (κ3) is 3.66. The number of halogens is 1. The molecule has 0 bridgehead atoms. The molecule has 1 aromatic carbocycles. The lowest BCUT2D eigenvalue weighted by molar-refractivity contribution is -0.121. The van der Waals surface area contributed by atoms with Gasteiger partial charge in [-0.05, 0) is 61.6 Å². The van der Waals surface area contributed by atoms with Crippen LogP contribution in [0.1, 0.15) is 12.8 Å². The van der Waals surface area contributed by atoms with Gasteiger partial charge in [0.05, 0.1) is 10.6 Å². The first-order valence-corrected chi connectivity index (χ1v) is 9.90. The lowest BCUT2D eigenvalue weighted by Crippen LogP contribution is -2.35. The molecule has 1 aliphatic heterocycles. The second kappa shape index (κ2) is 7.60. The molecule has 0 atom stereocenters. The van der Waals surface area contributed by atoms with E-state index in [0.717, 1.165) is 41.1 Å². The van der Waals surface area contributed by atoms with Crippen molar-refractivity contribution >= 4 is 28.1 Å². The molecular weight excluding hydrogens is 349 g/mol. The Balaban J connectivity index is 1.52. The molecule has 1 aliphatic rings. The van der Waals surface area contributed by atoms with Gasteiger partial charge in [0.1, 0.15) is 12.4 Å². The number of amides is 1. The normalized spacial score (nSPS) is 15.0. The molecule has 6 heteroatoms. The maximum absolute atomic E-state index is 13.6. The number of benzene rings is 1. The number of fused-ring (bicyclic) bond motifs is 1. The van der Waals surface area contributed by atoms with Gasteiger partial charge in [-0.3, -0.25) is 4.79 Å². The molecule has 1 saturated heterocycles. The van der Waals surface area contributed by atoms with Crippen molar-refractivity contribution in [3.8, 4) is 10.6 Å². The summed E-state index contributed by atoms with van der Waals surface area (Å²) in [6, 6.07) is 10.7. The predicted octanol–water partition coefficient (Wildman–Crippen LogP) is 3.72. The molecule has 0 saturated carbocycles. The number of hydrogen-bond acceptors (Lipinski definition) is 3. The highest BCUT2D eigenvalue weighted by atomic mass is 32.1. The molecule has 0 aliphatic carbocycles. The van der Waals surface area contributed by atoms with Crippen molar-refractivity contribution in [2.24, 2.45) is 0 Å². The average Bonchev–Trinajstić information content (AvgIpc) is 3.35. The smallest absolute Gasteiger partial charge is 0.240 e. The van der Waals surface area contributed by atoms with Gasteiger partial charge in [0.25, 0.3) is 0 Å². The number of carbonyl (C=O) groups excluding carboxylic acids is 1. The Kier molecular flexibility index (Phi) is 5.04. The van der Waals surface area contributed by atoms with Gasteiger partial charge in [0.15, 0.2) is 0 Å². The Morgan fingerprint density at radius 2 is 2.04 bits per heavy atom. The van der Waals surface area contributed by atoms with Crippen LogP contribution in [0.3, 0.4) is 0 Å². The first kappa shape index (κ1) is 17.2. The lowest BCUT2D eigenvalue weighted by Gasteiger charge is -2.15. The molecule has 0 spiro atoms. The number of hydrogen-bond donors (Lipinski definition) is 1. The molecule has 4 nitrogen and oxygen atoms in total. The summed E-state index contributed by atoms with van der Waals surface area (Å²) in [5.41, 5.74) is 1.83. The second-order valence-corrected chi connectivity index (χ2v) is 7.64. The van der Waals surface area contributed by atoms with Crippen LogP contribution in [0.15, 0.2) is 41.8 Å². The summed E-state index contributed by atoms with van der Waals surface area (Å²) in [5.74, 6) is -0.272. The Morgan fingerprint density at radius 1 is 1.19 bits per heavy atom. The molecule has 136 valence electrons. The fourth-order valence-corrected chi connectivity index (χ4v) is 4.35. The fraction of sp³-hybridized carbons (Fsp3) is 0.350.